The Kier molecular flexibility index (Phi) is 3.03. The summed E-state index contributed by atoms with van der Waals surface area (Å²) in [6, 6.07) is 1.64. The molecule has 0 aliphatic carbocycles. The SMILES string of the molecule is CNCc1cnc(-c2ccncc2F)s1. The van der Waals surface area contributed by atoms with Crippen LogP contribution in [0.3, 0.4) is 0 Å². The predicted molar refractivity (Wildman–Crippen MR) is 58.1 cm³/mol. The van der Waals surface area contributed by atoms with Gasteiger partial charge in [-0.25, -0.2) is 9.37 Å². The summed E-state index contributed by atoms with van der Waals surface area (Å²) >= 11 is 1.48. The highest BCUT2D eigenvalue weighted by Crippen LogP contribution is 2.26. The van der Waals surface area contributed by atoms with Gasteiger partial charge < -0.3 is 5.32 Å². The van der Waals surface area contributed by atoms with Crippen molar-refractivity contribution in [3.05, 3.63) is 35.4 Å². The number of hydrogen-bond acceptors (Lipinski definition) is 4. The van der Waals surface area contributed by atoms with Crippen LogP contribution in [0.2, 0.25) is 0 Å². The lowest BCUT2D eigenvalue weighted by Crippen LogP contribution is -2.02. The quantitative estimate of drug-likeness (QED) is 0.865. The van der Waals surface area contributed by atoms with Crippen LogP contribution in [0.5, 0.6) is 0 Å². The number of nitrogens with zero attached hydrogens (tertiary/aromatic N) is 2. The van der Waals surface area contributed by atoms with Gasteiger partial charge in [0, 0.05) is 29.4 Å². The Morgan fingerprint density at radius 2 is 2.33 bits per heavy atom. The van der Waals surface area contributed by atoms with Crippen LogP contribution in [0.15, 0.2) is 24.7 Å². The van der Waals surface area contributed by atoms with E-state index in [0.717, 1.165) is 11.4 Å². The van der Waals surface area contributed by atoms with E-state index < -0.39 is 0 Å². The summed E-state index contributed by atoms with van der Waals surface area (Å²) in [6.45, 7) is 0.754. The molecule has 0 fully saturated rings. The number of rotatable bonds is 3. The second kappa shape index (κ2) is 4.46. The molecule has 78 valence electrons. The first-order chi connectivity index (χ1) is 7.31. The summed E-state index contributed by atoms with van der Waals surface area (Å²) in [6.07, 6.45) is 4.53. The summed E-state index contributed by atoms with van der Waals surface area (Å²) < 4.78 is 13.4. The normalized spacial score (nSPS) is 10.5. The van der Waals surface area contributed by atoms with Gasteiger partial charge in [-0.15, -0.1) is 11.3 Å². The highest BCUT2D eigenvalue weighted by Gasteiger charge is 2.08. The van der Waals surface area contributed by atoms with Gasteiger partial charge >= 0.3 is 0 Å². The van der Waals surface area contributed by atoms with Gasteiger partial charge in [-0.2, -0.15) is 0 Å². The molecule has 0 saturated heterocycles. The van der Waals surface area contributed by atoms with E-state index in [1.165, 1.54) is 17.5 Å². The van der Waals surface area contributed by atoms with Crippen LogP contribution < -0.4 is 5.32 Å². The molecule has 0 aromatic carbocycles. The minimum atomic E-state index is -0.331. The first kappa shape index (κ1) is 10.2. The van der Waals surface area contributed by atoms with E-state index in [0.29, 0.717) is 10.6 Å². The van der Waals surface area contributed by atoms with E-state index in [1.54, 1.807) is 18.5 Å². The Morgan fingerprint density at radius 3 is 3.07 bits per heavy atom. The first-order valence-corrected chi connectivity index (χ1v) is 5.32. The Balaban J connectivity index is 2.33. The maximum Gasteiger partial charge on any atom is 0.151 e. The van der Waals surface area contributed by atoms with Gasteiger partial charge in [-0.1, -0.05) is 0 Å². The van der Waals surface area contributed by atoms with Crippen LogP contribution in [0.25, 0.3) is 10.6 Å². The van der Waals surface area contributed by atoms with Crippen LogP contribution in [-0.2, 0) is 6.54 Å². The van der Waals surface area contributed by atoms with E-state index in [1.807, 2.05) is 7.05 Å². The largest absolute Gasteiger partial charge is 0.315 e. The van der Waals surface area contributed by atoms with Crippen molar-refractivity contribution in [2.24, 2.45) is 0 Å². The Morgan fingerprint density at radius 1 is 1.47 bits per heavy atom. The maximum atomic E-state index is 13.4. The van der Waals surface area contributed by atoms with Gasteiger partial charge in [0.15, 0.2) is 5.82 Å². The number of halogens is 1. The minimum absolute atomic E-state index is 0.331. The molecule has 0 spiro atoms. The predicted octanol–water partition coefficient (Wildman–Crippen LogP) is 2.06. The number of nitrogens with one attached hydrogen (secondary N) is 1. The Hall–Kier alpha value is -1.33. The van der Waals surface area contributed by atoms with E-state index >= 15 is 0 Å². The highest BCUT2D eigenvalue weighted by atomic mass is 32.1. The van der Waals surface area contributed by atoms with Crippen molar-refractivity contribution in [2.45, 2.75) is 6.54 Å². The molecule has 0 bridgehead atoms. The van der Waals surface area contributed by atoms with Gasteiger partial charge in [0.1, 0.15) is 5.01 Å². The zero-order valence-electron chi connectivity index (χ0n) is 8.20. The maximum absolute atomic E-state index is 13.4. The van der Waals surface area contributed by atoms with Crippen LogP contribution in [0.1, 0.15) is 4.88 Å². The number of thiazole rings is 1. The van der Waals surface area contributed by atoms with Crippen LogP contribution >= 0.6 is 11.3 Å². The molecule has 0 unspecified atom stereocenters. The van der Waals surface area contributed by atoms with Crippen molar-refractivity contribution in [1.82, 2.24) is 15.3 Å². The molecule has 0 saturated carbocycles. The average Bonchev–Trinajstić information content (AvgIpc) is 2.68. The molecule has 0 amide bonds. The lowest BCUT2D eigenvalue weighted by Gasteiger charge is -1.96. The molecule has 2 aromatic heterocycles. The van der Waals surface area contributed by atoms with Gasteiger partial charge in [0.05, 0.1) is 6.20 Å². The first-order valence-electron chi connectivity index (χ1n) is 4.50. The molecule has 2 aromatic rings. The number of pyridine rings is 1. The summed E-state index contributed by atoms with van der Waals surface area (Å²) in [7, 11) is 1.87. The van der Waals surface area contributed by atoms with Crippen molar-refractivity contribution in [1.29, 1.82) is 0 Å². The zero-order chi connectivity index (χ0) is 10.7. The van der Waals surface area contributed by atoms with E-state index in [-0.39, 0.29) is 5.82 Å². The summed E-state index contributed by atoms with van der Waals surface area (Å²) in [5.74, 6) is -0.331. The molecule has 3 nitrogen and oxygen atoms in total. The molecular weight excluding hydrogens is 213 g/mol. The molecule has 2 rings (SSSR count). The third-order valence-electron chi connectivity index (χ3n) is 1.91. The second-order valence-corrected chi connectivity index (χ2v) is 4.13. The molecule has 0 aliphatic heterocycles. The molecule has 5 heteroatoms. The molecule has 0 atom stereocenters. The standard InChI is InChI=1S/C10H10FN3S/c1-12-4-7-5-14-10(15-7)8-2-3-13-6-9(8)11/h2-3,5-6,12H,4H2,1H3. The molecular formula is C10H10FN3S. The second-order valence-electron chi connectivity index (χ2n) is 3.02. The van der Waals surface area contributed by atoms with Crippen LogP contribution in [0.4, 0.5) is 4.39 Å². The van der Waals surface area contributed by atoms with E-state index in [4.69, 9.17) is 0 Å². The minimum Gasteiger partial charge on any atom is -0.315 e. The lowest BCUT2D eigenvalue weighted by molar-refractivity contribution is 0.625. The smallest absolute Gasteiger partial charge is 0.151 e. The van der Waals surface area contributed by atoms with Gasteiger partial charge in [0.25, 0.3) is 0 Å². The lowest BCUT2D eigenvalue weighted by atomic mass is 10.3. The molecule has 15 heavy (non-hydrogen) atoms. The summed E-state index contributed by atoms with van der Waals surface area (Å²) in [5.41, 5.74) is 0.511. The van der Waals surface area contributed by atoms with E-state index in [2.05, 4.69) is 15.3 Å². The van der Waals surface area contributed by atoms with Crippen LogP contribution in [-0.4, -0.2) is 17.0 Å². The Labute approximate surface area is 91.0 Å². The van der Waals surface area contributed by atoms with Crippen molar-refractivity contribution in [2.75, 3.05) is 7.05 Å². The zero-order valence-corrected chi connectivity index (χ0v) is 9.01. The van der Waals surface area contributed by atoms with Crippen molar-refractivity contribution in [3.63, 3.8) is 0 Å². The third-order valence-corrected chi connectivity index (χ3v) is 2.94. The topological polar surface area (TPSA) is 37.8 Å². The monoisotopic (exact) mass is 223 g/mol. The van der Waals surface area contributed by atoms with Crippen LogP contribution in [0, 0.1) is 5.82 Å². The van der Waals surface area contributed by atoms with Gasteiger partial charge in [-0.3, -0.25) is 4.98 Å². The summed E-state index contributed by atoms with van der Waals surface area (Å²) in [5, 5.41) is 3.72. The summed E-state index contributed by atoms with van der Waals surface area (Å²) in [4.78, 5) is 8.97. The van der Waals surface area contributed by atoms with Gasteiger partial charge in [-0.05, 0) is 13.1 Å². The highest BCUT2D eigenvalue weighted by molar-refractivity contribution is 7.15. The van der Waals surface area contributed by atoms with Gasteiger partial charge in [0.2, 0.25) is 0 Å². The van der Waals surface area contributed by atoms with E-state index in [9.17, 15) is 4.39 Å². The molecule has 0 radical (unpaired) electrons. The third kappa shape index (κ3) is 2.19. The Bertz CT molecular complexity index is 455. The number of hydrogen-bond donors (Lipinski definition) is 1. The van der Waals surface area contributed by atoms with Crippen molar-refractivity contribution in [3.8, 4) is 10.6 Å². The number of aromatic nitrogens is 2. The average molecular weight is 223 g/mol. The fourth-order valence-electron chi connectivity index (χ4n) is 1.24. The fraction of sp³-hybridized carbons (Fsp3) is 0.200. The molecule has 0 aliphatic rings. The van der Waals surface area contributed by atoms with Crippen molar-refractivity contribution >= 4 is 11.3 Å². The fourth-order valence-corrected chi connectivity index (χ4v) is 2.19. The van der Waals surface area contributed by atoms with Crippen molar-refractivity contribution < 1.29 is 4.39 Å². The molecule has 2 heterocycles. The molecule has 1 N–H and O–H groups in total.